The molecule has 0 saturated carbocycles. The van der Waals surface area contributed by atoms with E-state index in [1.165, 1.54) is 0 Å². The average molecular weight is 324 g/mol. The Balaban J connectivity index is 0. The van der Waals surface area contributed by atoms with Crippen LogP contribution in [0.2, 0.25) is 0 Å². The van der Waals surface area contributed by atoms with Gasteiger partial charge in [0, 0.05) is 10.4 Å². The van der Waals surface area contributed by atoms with Crippen LogP contribution in [0, 0.1) is 0 Å². The molecule has 0 amide bonds. The molecule has 0 aromatic heterocycles. The number of hydrogen-bond acceptors (Lipinski definition) is 4. The van der Waals surface area contributed by atoms with Crippen LogP contribution in [-0.2, 0) is 10.4 Å². The van der Waals surface area contributed by atoms with E-state index in [4.69, 9.17) is 44.0 Å². The average Bonchev–Trinajstić information content (AvgIpc) is 1.19. The Hall–Kier alpha value is 1.56. The van der Waals surface area contributed by atoms with Gasteiger partial charge in [0.05, 0.1) is 0 Å². The van der Waals surface area contributed by atoms with Crippen LogP contribution < -0.4 is 0 Å². The molecule has 0 radical (unpaired) electrons. The molecule has 0 aromatic carbocycles. The monoisotopic (exact) mass is 322 g/mol. The first-order valence-corrected chi connectivity index (χ1v) is 12.2. The summed E-state index contributed by atoms with van der Waals surface area (Å²) in [5.41, 5.74) is 0. The summed E-state index contributed by atoms with van der Waals surface area (Å²) in [6.45, 7) is 0. The van der Waals surface area contributed by atoms with Gasteiger partial charge in [0.2, 0.25) is 0 Å². The molecular weight excluding hydrogens is 324 g/mol. The van der Waals surface area contributed by atoms with Gasteiger partial charge >= 0.3 is 43.3 Å². The van der Waals surface area contributed by atoms with E-state index in [-0.39, 0.29) is 0 Å². The van der Waals surface area contributed by atoms with Crippen LogP contribution in [0.5, 0.6) is 0 Å². The van der Waals surface area contributed by atoms with Gasteiger partial charge in [0.15, 0.2) is 0 Å². The summed E-state index contributed by atoms with van der Waals surface area (Å²) in [6, 6.07) is 0. The molecule has 0 atom stereocenters. The van der Waals surface area contributed by atoms with Crippen molar-refractivity contribution in [3.8, 4) is 0 Å². The molecule has 0 aliphatic heterocycles. The van der Waals surface area contributed by atoms with Gasteiger partial charge in [0.1, 0.15) is 0 Å². The molecule has 0 rings (SSSR count). The van der Waals surface area contributed by atoms with Crippen LogP contribution in [0.3, 0.4) is 0 Å². The van der Waals surface area contributed by atoms with E-state index in [9.17, 15) is 0 Å². The summed E-state index contributed by atoms with van der Waals surface area (Å²) in [5.74, 6) is 0. The van der Waals surface area contributed by atoms with Crippen molar-refractivity contribution in [2.75, 3.05) is 0 Å². The first-order chi connectivity index (χ1) is 3.73. The van der Waals surface area contributed by atoms with Gasteiger partial charge in [-0.15, -0.1) is 0 Å². The van der Waals surface area contributed by atoms with E-state index in [1.54, 1.807) is 0 Å². The van der Waals surface area contributed by atoms with Crippen LogP contribution >= 0.6 is 26.5 Å². The van der Waals surface area contributed by atoms with Crippen LogP contribution in [0.4, 0.5) is 0 Å². The van der Waals surface area contributed by atoms with Gasteiger partial charge in [-0.1, -0.05) is 0 Å². The summed E-state index contributed by atoms with van der Waals surface area (Å²) < 4.78 is 34.1. The Labute approximate surface area is 70.7 Å². The van der Waals surface area contributed by atoms with Crippen molar-refractivity contribution in [3.63, 3.8) is 0 Å². The Morgan fingerprint density at radius 2 is 1.11 bits per heavy atom. The third-order valence-electron chi connectivity index (χ3n) is 0. The quantitative estimate of drug-likeness (QED) is 0.366. The number of halogens is 3. The number of rotatable bonds is 0. The van der Waals surface area contributed by atoms with Crippen molar-refractivity contribution >= 4 is 53.7 Å². The van der Waals surface area contributed by atoms with Crippen LogP contribution in [0.25, 0.3) is 0 Å². The molecule has 0 aliphatic carbocycles. The van der Waals surface area contributed by atoms with E-state index in [1.807, 2.05) is 0 Å². The second-order valence-corrected chi connectivity index (χ2v) is 12.8. The van der Waals surface area contributed by atoms with E-state index in [0.717, 1.165) is 0 Å². The van der Waals surface area contributed by atoms with Crippen LogP contribution in [0.15, 0.2) is 0 Å². The van der Waals surface area contributed by atoms with E-state index in [2.05, 4.69) is 0 Å². The van der Waals surface area contributed by atoms with E-state index >= 15 is 0 Å². The Morgan fingerprint density at radius 1 is 1.11 bits per heavy atom. The number of hydrogen-bond donors (Lipinski definition) is 0. The topological polar surface area (TPSA) is 80.3 Å². The zero-order chi connectivity index (χ0) is 8.08. The first kappa shape index (κ1) is 13.2. The second-order valence-electron chi connectivity index (χ2n) is 0.600. The minimum absolute atomic E-state index is 2.03. The van der Waals surface area contributed by atoms with Gasteiger partial charge in [0.25, 0.3) is 0 Å². The molecule has 0 bridgehead atoms. The predicted molar refractivity (Wildman–Crippen MR) is 33.8 cm³/mol. The molecule has 0 fully saturated rings. The Bertz CT molecular complexity index is 127. The summed E-state index contributed by atoms with van der Waals surface area (Å²) in [7, 11) is 9.80. The molecule has 56 valence electrons. The first-order valence-electron chi connectivity index (χ1n) is 1.17. The normalized spacial score (nSPS) is 9.44. The van der Waals surface area contributed by atoms with Crippen LogP contribution in [0.1, 0.15) is 0 Å². The predicted octanol–water partition coefficient (Wildman–Crippen LogP) is 0.350. The third-order valence-corrected chi connectivity index (χ3v) is 0. The van der Waals surface area contributed by atoms with Gasteiger partial charge in [-0.05, 0) is 0 Å². The molecule has 9 heteroatoms. The van der Waals surface area contributed by atoms with Gasteiger partial charge in [-0.25, -0.2) is 0 Å². The van der Waals surface area contributed by atoms with Crippen LogP contribution in [-0.4, -0.2) is 34.3 Å². The fourth-order valence-electron chi connectivity index (χ4n) is 0. The minimum atomic E-state index is -5.17. The zero-order valence-electron chi connectivity index (χ0n) is 3.62. The third kappa shape index (κ3) is 225. The molecule has 9 heavy (non-hydrogen) atoms. The molecule has 0 heterocycles. The zero-order valence-corrected chi connectivity index (χ0v) is 9.26. The van der Waals surface area contributed by atoms with Crippen molar-refractivity contribution < 1.29 is 17.5 Å². The van der Waals surface area contributed by atoms with E-state index in [0.29, 0.717) is 0 Å². The maximum atomic E-state index is 8.52. The van der Waals surface area contributed by atoms with Gasteiger partial charge in [-0.3, -0.25) is 8.42 Å². The van der Waals surface area contributed by atoms with Crippen molar-refractivity contribution in [3.05, 3.63) is 0 Å². The van der Waals surface area contributed by atoms with Gasteiger partial charge < -0.3 is 9.11 Å². The fraction of sp³-hybridized carbons (Fsp3) is 0. The summed E-state index contributed by atoms with van der Waals surface area (Å²) in [4.78, 5) is 0. The maximum absolute atomic E-state index is 8.52. The molecular formula is Cl3O4SSb. The Morgan fingerprint density at radius 3 is 1.11 bits per heavy atom. The SMILES string of the molecule is O=S(=O)([O-])[O-].[Cl][Sb+2]([Cl])[Cl]. The van der Waals surface area contributed by atoms with Crippen molar-refractivity contribution in [1.82, 2.24) is 0 Å². The molecule has 0 aliphatic rings. The molecule has 4 nitrogen and oxygen atoms in total. The molecule has 0 aromatic rings. The molecule has 0 N–H and O–H groups in total. The van der Waals surface area contributed by atoms with Crippen molar-refractivity contribution in [2.24, 2.45) is 0 Å². The Kier molecular flexibility index (Phi) is 9.19. The van der Waals surface area contributed by atoms with E-state index < -0.39 is 27.2 Å². The van der Waals surface area contributed by atoms with Gasteiger partial charge in [-0.2, -0.15) is 0 Å². The molecule has 0 saturated heterocycles. The summed E-state index contributed by atoms with van der Waals surface area (Å²) in [6.07, 6.45) is 0. The second kappa shape index (κ2) is 6.28. The van der Waals surface area contributed by atoms with Crippen molar-refractivity contribution in [2.45, 2.75) is 0 Å². The summed E-state index contributed by atoms with van der Waals surface area (Å²) >= 11 is -2.03. The summed E-state index contributed by atoms with van der Waals surface area (Å²) in [5, 5.41) is 0. The van der Waals surface area contributed by atoms with Crippen molar-refractivity contribution in [1.29, 1.82) is 0 Å². The molecule has 0 spiro atoms. The fourth-order valence-corrected chi connectivity index (χ4v) is 0. The standard InChI is InChI=1S/3ClH.H2O4S.Sb/c;;;1-5(2,3)4;/h3*1H;(H2,1,2,3,4);/q;;;;+5/p-5. The molecule has 0 unspecified atom stereocenters.